The van der Waals surface area contributed by atoms with Crippen molar-refractivity contribution >= 4 is 0 Å². The normalized spacial score (nSPS) is 32.8. The number of rotatable bonds is 5. The average molecular weight is 240 g/mol. The van der Waals surface area contributed by atoms with Crippen molar-refractivity contribution in [1.82, 2.24) is 10.2 Å². The smallest absolute Gasteiger partial charge is 0.0507 e. The highest BCUT2D eigenvalue weighted by atomic mass is 16.5. The van der Waals surface area contributed by atoms with Crippen molar-refractivity contribution in [1.29, 1.82) is 0 Å². The SMILES string of the molecule is CCN1CCCC(C(C)NCC2CCOC2)C1. The molecule has 2 rings (SSSR count). The van der Waals surface area contributed by atoms with Gasteiger partial charge in [-0.2, -0.15) is 0 Å². The number of nitrogens with zero attached hydrogens (tertiary/aromatic N) is 1. The van der Waals surface area contributed by atoms with Crippen LogP contribution in [0.5, 0.6) is 0 Å². The first-order chi connectivity index (χ1) is 8.29. The van der Waals surface area contributed by atoms with Gasteiger partial charge in [-0.15, -0.1) is 0 Å². The minimum Gasteiger partial charge on any atom is -0.381 e. The number of nitrogens with one attached hydrogen (secondary N) is 1. The van der Waals surface area contributed by atoms with Crippen molar-refractivity contribution in [3.8, 4) is 0 Å². The molecule has 0 aliphatic carbocycles. The van der Waals surface area contributed by atoms with E-state index < -0.39 is 0 Å². The second-order valence-corrected chi connectivity index (χ2v) is 5.72. The molecule has 2 aliphatic rings. The highest BCUT2D eigenvalue weighted by Gasteiger charge is 2.24. The van der Waals surface area contributed by atoms with Gasteiger partial charge in [0.2, 0.25) is 0 Å². The van der Waals surface area contributed by atoms with Crippen LogP contribution in [0.15, 0.2) is 0 Å². The van der Waals surface area contributed by atoms with Crippen LogP contribution in [-0.2, 0) is 4.74 Å². The standard InChI is InChI=1S/C14H28N2O/c1-3-16-7-4-5-14(10-16)12(2)15-9-13-6-8-17-11-13/h12-15H,3-11H2,1-2H3. The van der Waals surface area contributed by atoms with Crippen LogP contribution in [0.2, 0.25) is 0 Å². The number of hydrogen-bond acceptors (Lipinski definition) is 3. The van der Waals surface area contributed by atoms with Crippen molar-refractivity contribution in [2.75, 3.05) is 39.4 Å². The fourth-order valence-corrected chi connectivity index (χ4v) is 3.05. The largest absolute Gasteiger partial charge is 0.381 e. The molecule has 0 radical (unpaired) electrons. The van der Waals surface area contributed by atoms with Crippen LogP contribution in [0.25, 0.3) is 0 Å². The Morgan fingerprint density at radius 1 is 1.41 bits per heavy atom. The van der Waals surface area contributed by atoms with Crippen LogP contribution in [0, 0.1) is 11.8 Å². The molecule has 3 nitrogen and oxygen atoms in total. The van der Waals surface area contributed by atoms with E-state index in [1.807, 2.05) is 0 Å². The summed E-state index contributed by atoms with van der Waals surface area (Å²) >= 11 is 0. The van der Waals surface area contributed by atoms with Crippen LogP contribution >= 0.6 is 0 Å². The summed E-state index contributed by atoms with van der Waals surface area (Å²) < 4.78 is 5.42. The minimum atomic E-state index is 0.657. The Balaban J connectivity index is 1.68. The molecule has 3 unspecified atom stereocenters. The third-order valence-electron chi connectivity index (χ3n) is 4.45. The highest BCUT2D eigenvalue weighted by Crippen LogP contribution is 2.20. The molecule has 2 aliphatic heterocycles. The molecule has 0 aromatic carbocycles. The maximum atomic E-state index is 5.42. The van der Waals surface area contributed by atoms with Gasteiger partial charge < -0.3 is 15.0 Å². The maximum Gasteiger partial charge on any atom is 0.0507 e. The second kappa shape index (κ2) is 6.72. The summed E-state index contributed by atoms with van der Waals surface area (Å²) in [4.78, 5) is 2.59. The van der Waals surface area contributed by atoms with Crippen molar-refractivity contribution in [2.24, 2.45) is 11.8 Å². The zero-order chi connectivity index (χ0) is 12.1. The third kappa shape index (κ3) is 3.94. The van der Waals surface area contributed by atoms with E-state index in [4.69, 9.17) is 4.74 Å². The van der Waals surface area contributed by atoms with Gasteiger partial charge in [0.15, 0.2) is 0 Å². The lowest BCUT2D eigenvalue weighted by Crippen LogP contribution is -2.45. The molecule has 2 saturated heterocycles. The number of hydrogen-bond donors (Lipinski definition) is 1. The molecule has 2 heterocycles. The van der Waals surface area contributed by atoms with Gasteiger partial charge in [-0.25, -0.2) is 0 Å². The number of likely N-dealkylation sites (tertiary alicyclic amines) is 1. The van der Waals surface area contributed by atoms with Gasteiger partial charge in [0.05, 0.1) is 6.61 Å². The van der Waals surface area contributed by atoms with Gasteiger partial charge in [-0.05, 0) is 51.1 Å². The van der Waals surface area contributed by atoms with Gasteiger partial charge in [0, 0.05) is 25.7 Å². The van der Waals surface area contributed by atoms with Crippen molar-refractivity contribution < 1.29 is 4.74 Å². The monoisotopic (exact) mass is 240 g/mol. The summed E-state index contributed by atoms with van der Waals surface area (Å²) in [5, 5.41) is 3.73. The van der Waals surface area contributed by atoms with E-state index in [1.165, 1.54) is 38.9 Å². The lowest BCUT2D eigenvalue weighted by Gasteiger charge is -2.35. The number of piperidine rings is 1. The second-order valence-electron chi connectivity index (χ2n) is 5.72. The van der Waals surface area contributed by atoms with Crippen LogP contribution in [0.1, 0.15) is 33.1 Å². The maximum absolute atomic E-state index is 5.42. The summed E-state index contributed by atoms with van der Waals surface area (Å²) in [6, 6.07) is 0.657. The summed E-state index contributed by atoms with van der Waals surface area (Å²) in [7, 11) is 0. The van der Waals surface area contributed by atoms with E-state index in [0.29, 0.717) is 6.04 Å². The highest BCUT2D eigenvalue weighted by molar-refractivity contribution is 4.81. The fourth-order valence-electron chi connectivity index (χ4n) is 3.05. The Bertz CT molecular complexity index is 216. The summed E-state index contributed by atoms with van der Waals surface area (Å²) in [5.41, 5.74) is 0. The first-order valence-electron chi connectivity index (χ1n) is 7.33. The van der Waals surface area contributed by atoms with Crippen LogP contribution < -0.4 is 5.32 Å². The fraction of sp³-hybridized carbons (Fsp3) is 1.00. The van der Waals surface area contributed by atoms with Crippen LogP contribution in [0.4, 0.5) is 0 Å². The van der Waals surface area contributed by atoms with E-state index in [0.717, 1.165) is 31.6 Å². The molecule has 0 bridgehead atoms. The Kier molecular flexibility index (Phi) is 5.26. The lowest BCUT2D eigenvalue weighted by atomic mass is 9.91. The summed E-state index contributed by atoms with van der Waals surface area (Å²) in [6.45, 7) is 11.5. The Morgan fingerprint density at radius 2 is 2.29 bits per heavy atom. The van der Waals surface area contributed by atoms with E-state index in [1.54, 1.807) is 0 Å². The first kappa shape index (κ1) is 13.3. The van der Waals surface area contributed by atoms with Crippen LogP contribution in [0.3, 0.4) is 0 Å². The van der Waals surface area contributed by atoms with Gasteiger partial charge in [0.1, 0.15) is 0 Å². The van der Waals surface area contributed by atoms with Gasteiger partial charge in [-0.1, -0.05) is 6.92 Å². The van der Waals surface area contributed by atoms with Crippen molar-refractivity contribution in [3.63, 3.8) is 0 Å². The van der Waals surface area contributed by atoms with Crippen molar-refractivity contribution in [3.05, 3.63) is 0 Å². The summed E-state index contributed by atoms with van der Waals surface area (Å²) in [5.74, 6) is 1.59. The molecule has 1 N–H and O–H groups in total. The molecule has 0 aromatic heterocycles. The van der Waals surface area contributed by atoms with E-state index in [2.05, 4.69) is 24.1 Å². The summed E-state index contributed by atoms with van der Waals surface area (Å²) in [6.07, 6.45) is 4.01. The molecule has 17 heavy (non-hydrogen) atoms. The Labute approximate surface area is 106 Å². The quantitative estimate of drug-likeness (QED) is 0.792. The molecule has 0 saturated carbocycles. The molecule has 0 amide bonds. The molecular weight excluding hydrogens is 212 g/mol. The van der Waals surface area contributed by atoms with Gasteiger partial charge in [-0.3, -0.25) is 0 Å². The molecule has 100 valence electrons. The third-order valence-corrected chi connectivity index (χ3v) is 4.45. The topological polar surface area (TPSA) is 24.5 Å². The van der Waals surface area contributed by atoms with Gasteiger partial charge in [0.25, 0.3) is 0 Å². The van der Waals surface area contributed by atoms with E-state index in [-0.39, 0.29) is 0 Å². The van der Waals surface area contributed by atoms with E-state index >= 15 is 0 Å². The number of ether oxygens (including phenoxy) is 1. The minimum absolute atomic E-state index is 0.657. The zero-order valence-electron chi connectivity index (χ0n) is 11.5. The molecule has 3 heteroatoms. The lowest BCUT2D eigenvalue weighted by molar-refractivity contribution is 0.152. The first-order valence-corrected chi connectivity index (χ1v) is 7.33. The van der Waals surface area contributed by atoms with Crippen molar-refractivity contribution in [2.45, 2.75) is 39.2 Å². The zero-order valence-corrected chi connectivity index (χ0v) is 11.5. The molecule has 0 spiro atoms. The molecule has 2 fully saturated rings. The van der Waals surface area contributed by atoms with Gasteiger partial charge >= 0.3 is 0 Å². The predicted octanol–water partition coefficient (Wildman–Crippen LogP) is 1.73. The van der Waals surface area contributed by atoms with Crippen LogP contribution in [-0.4, -0.2) is 50.3 Å². The Morgan fingerprint density at radius 3 is 3.00 bits per heavy atom. The molecule has 3 atom stereocenters. The molecular formula is C14H28N2O. The Hall–Kier alpha value is -0.120. The average Bonchev–Trinajstić information content (AvgIpc) is 2.89. The van der Waals surface area contributed by atoms with E-state index in [9.17, 15) is 0 Å². The predicted molar refractivity (Wildman–Crippen MR) is 71.2 cm³/mol. The molecule has 0 aromatic rings.